The summed E-state index contributed by atoms with van der Waals surface area (Å²) >= 11 is 6.02. The third-order valence-electron chi connectivity index (χ3n) is 5.06. The van der Waals surface area contributed by atoms with Crippen LogP contribution in [0.3, 0.4) is 0 Å². The van der Waals surface area contributed by atoms with Crippen molar-refractivity contribution in [2.24, 2.45) is 0 Å². The number of amides is 1. The van der Waals surface area contributed by atoms with Crippen LogP contribution in [0.5, 0.6) is 0 Å². The molecule has 0 unspecified atom stereocenters. The third kappa shape index (κ3) is 6.06. The fourth-order valence-electron chi connectivity index (χ4n) is 3.39. The number of ether oxygens (including phenoxy) is 1. The highest BCUT2D eigenvalue weighted by atomic mass is 35.5. The van der Waals surface area contributed by atoms with Crippen molar-refractivity contribution in [1.82, 2.24) is 4.31 Å². The van der Waals surface area contributed by atoms with E-state index >= 15 is 0 Å². The Balaban J connectivity index is 1.61. The van der Waals surface area contributed by atoms with Crippen molar-refractivity contribution < 1.29 is 22.7 Å². The van der Waals surface area contributed by atoms with E-state index in [0.717, 1.165) is 19.3 Å². The fraction of sp³-hybridized carbons (Fsp3) is 0.364. The topological polar surface area (TPSA) is 92.8 Å². The van der Waals surface area contributed by atoms with Crippen LogP contribution in [-0.2, 0) is 30.8 Å². The Morgan fingerprint density at radius 2 is 1.81 bits per heavy atom. The van der Waals surface area contributed by atoms with Gasteiger partial charge in [-0.3, -0.25) is 9.59 Å². The highest BCUT2D eigenvalue weighted by molar-refractivity contribution is 7.89. The molecule has 0 spiro atoms. The molecule has 31 heavy (non-hydrogen) atoms. The molecular formula is C22H25ClN2O5S. The summed E-state index contributed by atoms with van der Waals surface area (Å²) in [6.07, 6.45) is 2.66. The number of piperidine rings is 1. The van der Waals surface area contributed by atoms with Crippen LogP contribution in [0.1, 0.15) is 30.4 Å². The van der Waals surface area contributed by atoms with E-state index < -0.39 is 28.5 Å². The van der Waals surface area contributed by atoms with Crippen molar-refractivity contribution in [2.75, 3.05) is 25.0 Å². The van der Waals surface area contributed by atoms with Gasteiger partial charge in [-0.15, -0.1) is 0 Å². The number of hydrogen-bond donors (Lipinski definition) is 1. The Labute approximate surface area is 187 Å². The minimum Gasteiger partial charge on any atom is -0.455 e. The molecule has 0 bridgehead atoms. The monoisotopic (exact) mass is 464 g/mol. The van der Waals surface area contributed by atoms with E-state index in [4.69, 9.17) is 16.3 Å². The second-order valence-electron chi connectivity index (χ2n) is 7.42. The molecule has 9 heteroatoms. The van der Waals surface area contributed by atoms with Gasteiger partial charge in [0.05, 0.1) is 11.3 Å². The number of carbonyl (C=O) groups excluding carboxylic acids is 2. The first-order chi connectivity index (χ1) is 14.8. The van der Waals surface area contributed by atoms with Gasteiger partial charge in [0, 0.05) is 23.8 Å². The molecular weight excluding hydrogens is 440 g/mol. The predicted octanol–water partition coefficient (Wildman–Crippen LogP) is 3.55. The zero-order chi connectivity index (χ0) is 22.4. The SMILES string of the molecule is Cc1ccc(NC(=O)COC(=O)Cc2ccccc2Cl)cc1S(=O)(=O)N1CCCCC1. The number of aryl methyl sites for hydroxylation is 1. The first-order valence-corrected chi connectivity index (χ1v) is 11.9. The summed E-state index contributed by atoms with van der Waals surface area (Å²) in [6, 6.07) is 11.6. The normalized spacial score (nSPS) is 14.8. The largest absolute Gasteiger partial charge is 0.455 e. The summed E-state index contributed by atoms with van der Waals surface area (Å²) in [5.74, 6) is -1.14. The molecule has 0 atom stereocenters. The maximum atomic E-state index is 13.0. The average Bonchev–Trinajstić information content (AvgIpc) is 2.76. The van der Waals surface area contributed by atoms with E-state index in [1.807, 2.05) is 0 Å². The second-order valence-corrected chi connectivity index (χ2v) is 9.74. The van der Waals surface area contributed by atoms with E-state index in [-0.39, 0.29) is 11.3 Å². The van der Waals surface area contributed by atoms with Gasteiger partial charge in [-0.1, -0.05) is 42.3 Å². The number of nitrogens with zero attached hydrogens (tertiary/aromatic N) is 1. The zero-order valence-electron chi connectivity index (χ0n) is 17.3. The molecule has 1 aliphatic heterocycles. The smallest absolute Gasteiger partial charge is 0.310 e. The molecule has 1 aliphatic rings. The quantitative estimate of drug-likeness (QED) is 0.632. The molecule has 1 fully saturated rings. The molecule has 0 aromatic heterocycles. The van der Waals surface area contributed by atoms with E-state index in [1.54, 1.807) is 43.3 Å². The highest BCUT2D eigenvalue weighted by Gasteiger charge is 2.27. The number of carbonyl (C=O) groups is 2. The summed E-state index contributed by atoms with van der Waals surface area (Å²) in [5, 5.41) is 3.04. The Morgan fingerprint density at radius 3 is 2.52 bits per heavy atom. The Kier molecular flexibility index (Phi) is 7.69. The van der Waals surface area contributed by atoms with Crippen LogP contribution in [0.4, 0.5) is 5.69 Å². The lowest BCUT2D eigenvalue weighted by Gasteiger charge is -2.26. The zero-order valence-corrected chi connectivity index (χ0v) is 18.8. The maximum absolute atomic E-state index is 13.0. The first-order valence-electron chi connectivity index (χ1n) is 10.1. The number of esters is 1. The molecule has 2 aromatic carbocycles. The Hall–Kier alpha value is -2.42. The van der Waals surface area contributed by atoms with Gasteiger partial charge in [0.1, 0.15) is 0 Å². The lowest BCUT2D eigenvalue weighted by atomic mass is 10.1. The van der Waals surface area contributed by atoms with Crippen molar-refractivity contribution in [1.29, 1.82) is 0 Å². The molecule has 0 aliphatic carbocycles. The van der Waals surface area contributed by atoms with E-state index in [0.29, 0.717) is 34.9 Å². The lowest BCUT2D eigenvalue weighted by molar-refractivity contribution is -0.146. The van der Waals surface area contributed by atoms with Crippen molar-refractivity contribution in [3.05, 3.63) is 58.6 Å². The predicted molar refractivity (Wildman–Crippen MR) is 119 cm³/mol. The molecule has 1 N–H and O–H groups in total. The van der Waals surface area contributed by atoms with E-state index in [2.05, 4.69) is 5.32 Å². The van der Waals surface area contributed by atoms with Crippen LogP contribution >= 0.6 is 11.6 Å². The number of anilines is 1. The van der Waals surface area contributed by atoms with E-state index in [1.165, 1.54) is 10.4 Å². The van der Waals surface area contributed by atoms with Crippen LogP contribution in [0, 0.1) is 6.92 Å². The second kappa shape index (κ2) is 10.3. The Morgan fingerprint density at radius 1 is 1.10 bits per heavy atom. The van der Waals surface area contributed by atoms with Crippen LogP contribution in [-0.4, -0.2) is 44.3 Å². The van der Waals surface area contributed by atoms with Gasteiger partial charge in [-0.05, 0) is 49.1 Å². The van der Waals surface area contributed by atoms with Crippen LogP contribution in [0.25, 0.3) is 0 Å². The third-order valence-corrected chi connectivity index (χ3v) is 7.47. The van der Waals surface area contributed by atoms with Gasteiger partial charge in [0.15, 0.2) is 6.61 Å². The van der Waals surface area contributed by atoms with Crippen LogP contribution in [0.2, 0.25) is 5.02 Å². The standard InChI is InChI=1S/C22H25ClN2O5S/c1-16-9-10-18(14-20(16)31(28,29)25-11-5-2-6-12-25)24-21(26)15-30-22(27)13-17-7-3-4-8-19(17)23/h3-4,7-10,14H,2,5-6,11-13,15H2,1H3,(H,24,26). The van der Waals surface area contributed by atoms with Crippen molar-refractivity contribution in [3.63, 3.8) is 0 Å². The highest BCUT2D eigenvalue weighted by Crippen LogP contribution is 2.26. The number of benzene rings is 2. The van der Waals surface area contributed by atoms with Gasteiger partial charge in [-0.2, -0.15) is 4.31 Å². The molecule has 7 nitrogen and oxygen atoms in total. The molecule has 1 saturated heterocycles. The molecule has 166 valence electrons. The number of nitrogens with one attached hydrogen (secondary N) is 1. The van der Waals surface area contributed by atoms with Crippen LogP contribution in [0.15, 0.2) is 47.4 Å². The average molecular weight is 465 g/mol. The molecule has 1 amide bonds. The molecule has 1 heterocycles. The summed E-state index contributed by atoms with van der Waals surface area (Å²) in [7, 11) is -3.63. The lowest BCUT2D eigenvalue weighted by Crippen LogP contribution is -2.36. The molecule has 0 saturated carbocycles. The molecule has 2 aromatic rings. The van der Waals surface area contributed by atoms with Gasteiger partial charge < -0.3 is 10.1 Å². The van der Waals surface area contributed by atoms with Crippen molar-refractivity contribution >= 4 is 39.2 Å². The van der Waals surface area contributed by atoms with Gasteiger partial charge in [0.2, 0.25) is 10.0 Å². The van der Waals surface area contributed by atoms with Crippen molar-refractivity contribution in [2.45, 2.75) is 37.5 Å². The minimum atomic E-state index is -3.63. The number of hydrogen-bond acceptors (Lipinski definition) is 5. The van der Waals surface area contributed by atoms with Gasteiger partial charge in [-0.25, -0.2) is 8.42 Å². The van der Waals surface area contributed by atoms with Gasteiger partial charge >= 0.3 is 5.97 Å². The maximum Gasteiger partial charge on any atom is 0.310 e. The number of sulfonamides is 1. The summed E-state index contributed by atoms with van der Waals surface area (Å²) in [4.78, 5) is 24.4. The number of rotatable bonds is 7. The molecule has 3 rings (SSSR count). The summed E-state index contributed by atoms with van der Waals surface area (Å²) in [6.45, 7) is 2.24. The van der Waals surface area contributed by atoms with E-state index in [9.17, 15) is 18.0 Å². The van der Waals surface area contributed by atoms with Crippen molar-refractivity contribution in [3.8, 4) is 0 Å². The van der Waals surface area contributed by atoms with Gasteiger partial charge in [0.25, 0.3) is 5.91 Å². The first kappa shape index (κ1) is 23.2. The Bertz CT molecular complexity index is 1070. The summed E-state index contributed by atoms with van der Waals surface area (Å²) < 4.78 is 32.5. The summed E-state index contributed by atoms with van der Waals surface area (Å²) in [5.41, 5.74) is 1.55. The molecule has 0 radical (unpaired) electrons. The fourth-order valence-corrected chi connectivity index (χ4v) is 5.36. The van der Waals surface area contributed by atoms with Crippen LogP contribution < -0.4 is 5.32 Å². The number of halogens is 1. The minimum absolute atomic E-state index is 0.0459.